The Labute approximate surface area is 149 Å². The van der Waals surface area contributed by atoms with Crippen LogP contribution in [-0.4, -0.2) is 57.8 Å². The van der Waals surface area contributed by atoms with Gasteiger partial charge in [0.1, 0.15) is 5.60 Å². The molecule has 6 heteroatoms. The first kappa shape index (κ1) is 21.4. The molecule has 0 aromatic rings. The smallest absolute Gasteiger partial charge is 0.410 e. The van der Waals surface area contributed by atoms with Gasteiger partial charge in [-0.25, -0.2) is 4.79 Å². The van der Waals surface area contributed by atoms with Gasteiger partial charge in [0.25, 0.3) is 0 Å². The van der Waals surface area contributed by atoms with Crippen LogP contribution in [0.2, 0.25) is 18.1 Å². The lowest BCUT2D eigenvalue weighted by Crippen LogP contribution is -2.41. The molecule has 0 bridgehead atoms. The van der Waals surface area contributed by atoms with Crippen molar-refractivity contribution in [1.82, 2.24) is 4.90 Å². The van der Waals surface area contributed by atoms with Gasteiger partial charge in [0.05, 0.1) is 19.3 Å². The van der Waals surface area contributed by atoms with E-state index >= 15 is 0 Å². The highest BCUT2D eigenvalue weighted by molar-refractivity contribution is 6.74. The highest BCUT2D eigenvalue weighted by Gasteiger charge is 2.41. The van der Waals surface area contributed by atoms with Crippen molar-refractivity contribution in [1.29, 1.82) is 0 Å². The van der Waals surface area contributed by atoms with Crippen molar-refractivity contribution in [3.05, 3.63) is 0 Å². The predicted octanol–water partition coefficient (Wildman–Crippen LogP) is 4.28. The minimum atomic E-state index is -1.69. The second kappa shape index (κ2) is 7.75. The maximum atomic E-state index is 11.9. The van der Waals surface area contributed by atoms with Crippen molar-refractivity contribution in [2.24, 2.45) is 5.92 Å². The zero-order valence-electron chi connectivity index (χ0n) is 17.1. The van der Waals surface area contributed by atoms with Crippen molar-refractivity contribution in [3.63, 3.8) is 0 Å². The van der Waals surface area contributed by atoms with Crippen LogP contribution in [-0.2, 0) is 13.9 Å². The zero-order chi connectivity index (χ0) is 18.8. The molecule has 1 rings (SSSR count). The first-order valence-electron chi connectivity index (χ1n) is 8.92. The number of nitrogens with zero attached hydrogens (tertiary/aromatic N) is 1. The lowest BCUT2D eigenvalue weighted by Gasteiger charge is -2.36. The van der Waals surface area contributed by atoms with Crippen LogP contribution in [0, 0.1) is 5.92 Å². The molecule has 1 fully saturated rings. The van der Waals surface area contributed by atoms with Gasteiger partial charge in [0.15, 0.2) is 8.32 Å². The first-order valence-corrected chi connectivity index (χ1v) is 11.8. The van der Waals surface area contributed by atoms with E-state index in [1.807, 2.05) is 20.8 Å². The van der Waals surface area contributed by atoms with E-state index in [9.17, 15) is 4.79 Å². The SMILES string of the molecule is CN(CC1CC1OCCO[Si](C)(C)C(C)(C)C)C(=O)OC(C)(C)C. The van der Waals surface area contributed by atoms with E-state index in [0.717, 1.165) is 6.42 Å². The van der Waals surface area contributed by atoms with E-state index in [0.29, 0.717) is 25.7 Å². The molecular weight excluding hydrogens is 322 g/mol. The van der Waals surface area contributed by atoms with E-state index in [2.05, 4.69) is 33.9 Å². The molecule has 0 radical (unpaired) electrons. The fraction of sp³-hybridized carbons (Fsp3) is 0.944. The van der Waals surface area contributed by atoms with E-state index < -0.39 is 13.9 Å². The van der Waals surface area contributed by atoms with Crippen LogP contribution in [0.15, 0.2) is 0 Å². The molecule has 0 N–H and O–H groups in total. The van der Waals surface area contributed by atoms with Gasteiger partial charge < -0.3 is 18.8 Å². The molecule has 2 atom stereocenters. The van der Waals surface area contributed by atoms with Crippen LogP contribution in [0.4, 0.5) is 4.79 Å². The summed E-state index contributed by atoms with van der Waals surface area (Å²) in [5.74, 6) is 0.412. The van der Waals surface area contributed by atoms with E-state index in [4.69, 9.17) is 13.9 Å². The van der Waals surface area contributed by atoms with Gasteiger partial charge in [-0.3, -0.25) is 0 Å². The summed E-state index contributed by atoms with van der Waals surface area (Å²) < 4.78 is 17.3. The number of hydrogen-bond acceptors (Lipinski definition) is 4. The Morgan fingerprint density at radius 3 is 2.21 bits per heavy atom. The second-order valence-corrected chi connectivity index (χ2v) is 14.2. The topological polar surface area (TPSA) is 48.0 Å². The summed E-state index contributed by atoms with van der Waals surface area (Å²) in [5.41, 5.74) is -0.452. The summed E-state index contributed by atoms with van der Waals surface area (Å²) in [6.45, 7) is 18.8. The summed E-state index contributed by atoms with van der Waals surface area (Å²) in [6.07, 6.45) is 0.986. The van der Waals surface area contributed by atoms with Gasteiger partial charge in [0.2, 0.25) is 0 Å². The fourth-order valence-corrected chi connectivity index (χ4v) is 3.12. The van der Waals surface area contributed by atoms with Crippen LogP contribution < -0.4 is 0 Å². The minimum Gasteiger partial charge on any atom is -0.444 e. The van der Waals surface area contributed by atoms with Gasteiger partial charge >= 0.3 is 6.09 Å². The van der Waals surface area contributed by atoms with Crippen LogP contribution in [0.1, 0.15) is 48.0 Å². The Morgan fingerprint density at radius 1 is 1.12 bits per heavy atom. The summed E-state index contributed by atoms with van der Waals surface area (Å²) in [5, 5.41) is 0.227. The minimum absolute atomic E-state index is 0.227. The summed E-state index contributed by atoms with van der Waals surface area (Å²) in [7, 11) is 0.0948. The van der Waals surface area contributed by atoms with Gasteiger partial charge in [-0.05, 0) is 45.3 Å². The molecule has 1 saturated carbocycles. The monoisotopic (exact) mass is 359 g/mol. The van der Waals surface area contributed by atoms with Crippen molar-refractivity contribution in [2.45, 2.75) is 77.8 Å². The lowest BCUT2D eigenvalue weighted by molar-refractivity contribution is 0.0266. The lowest BCUT2D eigenvalue weighted by atomic mass is 10.2. The maximum Gasteiger partial charge on any atom is 0.410 e. The van der Waals surface area contributed by atoms with Crippen molar-refractivity contribution in [3.8, 4) is 0 Å². The molecule has 2 unspecified atom stereocenters. The standard InChI is InChI=1S/C18H37NO4Si/c1-17(2,3)23-16(20)19(7)13-14-12-15(14)21-10-11-22-24(8,9)18(4,5)6/h14-15H,10-13H2,1-9H3. The Hall–Kier alpha value is -0.593. The molecule has 0 aromatic carbocycles. The number of amides is 1. The molecule has 142 valence electrons. The average molecular weight is 360 g/mol. The highest BCUT2D eigenvalue weighted by Crippen LogP contribution is 2.37. The summed E-state index contributed by atoms with van der Waals surface area (Å²) in [6, 6.07) is 0. The third-order valence-corrected chi connectivity index (χ3v) is 9.29. The van der Waals surface area contributed by atoms with E-state index in [1.165, 1.54) is 0 Å². The molecule has 0 spiro atoms. The summed E-state index contributed by atoms with van der Waals surface area (Å²) >= 11 is 0. The molecule has 24 heavy (non-hydrogen) atoms. The Balaban J connectivity index is 2.20. The maximum absolute atomic E-state index is 11.9. The van der Waals surface area contributed by atoms with Crippen LogP contribution >= 0.6 is 0 Å². The molecule has 0 heterocycles. The Morgan fingerprint density at radius 2 is 1.71 bits per heavy atom. The Kier molecular flexibility index (Phi) is 6.92. The molecule has 1 amide bonds. The molecule has 1 aliphatic rings. The molecule has 0 saturated heterocycles. The van der Waals surface area contributed by atoms with Gasteiger partial charge in [0, 0.05) is 19.5 Å². The Bertz CT molecular complexity index is 426. The molecular formula is C18H37NO4Si. The van der Waals surface area contributed by atoms with Gasteiger partial charge in [-0.1, -0.05) is 20.8 Å². The van der Waals surface area contributed by atoms with Crippen LogP contribution in [0.3, 0.4) is 0 Å². The van der Waals surface area contributed by atoms with Crippen molar-refractivity contribution < 1.29 is 18.7 Å². The highest BCUT2D eigenvalue weighted by atomic mass is 28.4. The van der Waals surface area contributed by atoms with Crippen LogP contribution in [0.25, 0.3) is 0 Å². The average Bonchev–Trinajstić information content (AvgIpc) is 3.09. The van der Waals surface area contributed by atoms with Crippen molar-refractivity contribution in [2.75, 3.05) is 26.8 Å². The van der Waals surface area contributed by atoms with E-state index in [1.54, 1.807) is 11.9 Å². The zero-order valence-corrected chi connectivity index (χ0v) is 18.1. The molecule has 0 aromatic heterocycles. The summed E-state index contributed by atoms with van der Waals surface area (Å²) in [4.78, 5) is 13.6. The molecule has 5 nitrogen and oxygen atoms in total. The van der Waals surface area contributed by atoms with Gasteiger partial charge in [-0.2, -0.15) is 0 Å². The number of ether oxygens (including phenoxy) is 2. The largest absolute Gasteiger partial charge is 0.444 e. The third kappa shape index (κ3) is 7.11. The normalized spacial score (nSPS) is 21.5. The number of carbonyl (C=O) groups excluding carboxylic acids is 1. The van der Waals surface area contributed by atoms with Crippen LogP contribution in [0.5, 0.6) is 0 Å². The number of hydrogen-bond donors (Lipinski definition) is 0. The third-order valence-electron chi connectivity index (χ3n) is 4.76. The quantitative estimate of drug-likeness (QED) is 0.503. The number of rotatable bonds is 7. The van der Waals surface area contributed by atoms with Gasteiger partial charge in [-0.15, -0.1) is 0 Å². The van der Waals surface area contributed by atoms with Crippen molar-refractivity contribution >= 4 is 14.4 Å². The number of carbonyl (C=O) groups is 1. The second-order valence-electron chi connectivity index (χ2n) is 9.37. The predicted molar refractivity (Wildman–Crippen MR) is 99.9 cm³/mol. The molecule has 1 aliphatic carbocycles. The van der Waals surface area contributed by atoms with E-state index in [-0.39, 0.29) is 17.2 Å². The fourth-order valence-electron chi connectivity index (χ4n) is 2.10. The first-order chi connectivity index (χ1) is 10.7. The molecule has 0 aliphatic heterocycles.